The number of benzene rings is 1. The summed E-state index contributed by atoms with van der Waals surface area (Å²) in [6.45, 7) is 9.14. The number of nitrogens with two attached hydrogens (primary N) is 1. The predicted molar refractivity (Wildman–Crippen MR) is 83.8 cm³/mol. The number of nitrogen functional groups attached to an aromatic ring is 1. The highest BCUT2D eigenvalue weighted by Gasteiger charge is 2.11. The molecule has 0 bridgehead atoms. The standard InChI is InChI=1S/C14H18IN3/c1-8-5-10(3)12(6-9(8)2)7-18-14(16)13(15)11(4)17-18/h5-6H,7,16H2,1-4H3. The highest BCUT2D eigenvalue weighted by molar-refractivity contribution is 14.1. The molecule has 0 saturated carbocycles. The first-order valence-corrected chi connectivity index (χ1v) is 7.03. The van der Waals surface area contributed by atoms with Crippen molar-refractivity contribution in [1.82, 2.24) is 9.78 Å². The molecule has 2 aromatic rings. The van der Waals surface area contributed by atoms with Crippen LogP contribution in [0.4, 0.5) is 5.82 Å². The molecule has 2 N–H and O–H groups in total. The summed E-state index contributed by atoms with van der Waals surface area (Å²) < 4.78 is 2.93. The molecule has 0 amide bonds. The number of hydrogen-bond donors (Lipinski definition) is 1. The zero-order valence-corrected chi connectivity index (χ0v) is 13.4. The fraction of sp³-hybridized carbons (Fsp3) is 0.357. The van der Waals surface area contributed by atoms with E-state index in [1.165, 1.54) is 22.3 Å². The number of rotatable bonds is 2. The van der Waals surface area contributed by atoms with Gasteiger partial charge in [-0.1, -0.05) is 12.1 Å². The maximum absolute atomic E-state index is 6.06. The van der Waals surface area contributed by atoms with Gasteiger partial charge in [-0.25, -0.2) is 4.68 Å². The van der Waals surface area contributed by atoms with Gasteiger partial charge in [0.1, 0.15) is 5.82 Å². The summed E-state index contributed by atoms with van der Waals surface area (Å²) in [6, 6.07) is 4.45. The molecule has 0 spiro atoms. The van der Waals surface area contributed by atoms with Gasteiger partial charge in [0.2, 0.25) is 0 Å². The second kappa shape index (κ2) is 4.91. The fourth-order valence-corrected chi connectivity index (χ4v) is 2.44. The summed E-state index contributed by atoms with van der Waals surface area (Å²) in [4.78, 5) is 0. The summed E-state index contributed by atoms with van der Waals surface area (Å²) in [5.74, 6) is 0.755. The van der Waals surface area contributed by atoms with Crippen LogP contribution >= 0.6 is 22.6 Å². The maximum atomic E-state index is 6.06. The van der Waals surface area contributed by atoms with Gasteiger partial charge in [0.05, 0.1) is 15.8 Å². The van der Waals surface area contributed by atoms with Crippen LogP contribution < -0.4 is 5.73 Å². The van der Waals surface area contributed by atoms with E-state index in [2.05, 4.69) is 60.6 Å². The van der Waals surface area contributed by atoms with Crippen LogP contribution in [0, 0.1) is 31.3 Å². The molecule has 0 radical (unpaired) electrons. The minimum atomic E-state index is 0.739. The van der Waals surface area contributed by atoms with E-state index >= 15 is 0 Å². The molecule has 18 heavy (non-hydrogen) atoms. The molecule has 0 atom stereocenters. The van der Waals surface area contributed by atoms with Gasteiger partial charge in [0.25, 0.3) is 0 Å². The summed E-state index contributed by atoms with van der Waals surface area (Å²) in [7, 11) is 0. The SMILES string of the molecule is Cc1cc(C)c(Cn2nc(C)c(I)c2N)cc1C. The summed E-state index contributed by atoms with van der Waals surface area (Å²) in [5.41, 5.74) is 12.3. The third kappa shape index (κ3) is 2.39. The Kier molecular flexibility index (Phi) is 3.66. The van der Waals surface area contributed by atoms with Crippen LogP contribution in [0.15, 0.2) is 12.1 Å². The maximum Gasteiger partial charge on any atom is 0.135 e. The van der Waals surface area contributed by atoms with Crippen molar-refractivity contribution in [3.63, 3.8) is 0 Å². The van der Waals surface area contributed by atoms with Crippen molar-refractivity contribution in [3.05, 3.63) is 43.7 Å². The monoisotopic (exact) mass is 355 g/mol. The number of hydrogen-bond acceptors (Lipinski definition) is 2. The van der Waals surface area contributed by atoms with Crippen LogP contribution in [-0.4, -0.2) is 9.78 Å². The van der Waals surface area contributed by atoms with E-state index in [1.54, 1.807) is 0 Å². The second-order valence-electron chi connectivity index (χ2n) is 4.81. The smallest absolute Gasteiger partial charge is 0.135 e. The normalized spacial score (nSPS) is 10.9. The van der Waals surface area contributed by atoms with Gasteiger partial charge in [-0.15, -0.1) is 0 Å². The summed E-state index contributed by atoms with van der Waals surface area (Å²) in [6.07, 6.45) is 0. The van der Waals surface area contributed by atoms with Gasteiger partial charge < -0.3 is 5.73 Å². The van der Waals surface area contributed by atoms with Crippen molar-refractivity contribution < 1.29 is 0 Å². The molecule has 0 aliphatic rings. The van der Waals surface area contributed by atoms with Crippen molar-refractivity contribution in [3.8, 4) is 0 Å². The first-order chi connectivity index (χ1) is 8.40. The first kappa shape index (κ1) is 13.4. The van der Waals surface area contributed by atoms with E-state index in [9.17, 15) is 0 Å². The number of anilines is 1. The average Bonchev–Trinajstić information content (AvgIpc) is 2.54. The molecule has 1 aromatic carbocycles. The zero-order valence-electron chi connectivity index (χ0n) is 11.2. The van der Waals surface area contributed by atoms with Crippen molar-refractivity contribution in [1.29, 1.82) is 0 Å². The number of aryl methyl sites for hydroxylation is 4. The molecule has 3 nitrogen and oxygen atoms in total. The molecule has 0 saturated heterocycles. The van der Waals surface area contributed by atoms with Gasteiger partial charge >= 0.3 is 0 Å². The Labute approximate surface area is 122 Å². The van der Waals surface area contributed by atoms with E-state index in [1.807, 2.05) is 11.6 Å². The Balaban J connectivity index is 2.40. The Bertz CT molecular complexity index is 600. The van der Waals surface area contributed by atoms with Crippen LogP contribution in [0.3, 0.4) is 0 Å². The predicted octanol–water partition coefficient (Wildman–Crippen LogP) is 3.35. The molecule has 4 heteroatoms. The van der Waals surface area contributed by atoms with Crippen LogP contribution in [0.2, 0.25) is 0 Å². The van der Waals surface area contributed by atoms with Gasteiger partial charge in [0.15, 0.2) is 0 Å². The molecule has 2 rings (SSSR count). The van der Waals surface area contributed by atoms with Gasteiger partial charge in [0, 0.05) is 0 Å². The third-order valence-electron chi connectivity index (χ3n) is 3.36. The number of aromatic nitrogens is 2. The van der Waals surface area contributed by atoms with Gasteiger partial charge in [-0.05, 0) is 72.5 Å². The summed E-state index contributed by atoms with van der Waals surface area (Å²) in [5, 5.41) is 4.48. The van der Waals surface area contributed by atoms with Crippen molar-refractivity contribution >= 4 is 28.4 Å². The van der Waals surface area contributed by atoms with Crippen molar-refractivity contribution in [2.45, 2.75) is 34.2 Å². The molecule has 0 unspecified atom stereocenters. The third-order valence-corrected chi connectivity index (χ3v) is 4.70. The van der Waals surface area contributed by atoms with Crippen molar-refractivity contribution in [2.24, 2.45) is 0 Å². The number of nitrogens with zero attached hydrogens (tertiary/aromatic N) is 2. The Morgan fingerprint density at radius 3 is 2.28 bits per heavy atom. The van der Waals surface area contributed by atoms with Crippen LogP contribution in [0.25, 0.3) is 0 Å². The second-order valence-corrected chi connectivity index (χ2v) is 5.88. The lowest BCUT2D eigenvalue weighted by atomic mass is 10.0. The molecular formula is C14H18IN3. The molecule has 1 heterocycles. The van der Waals surface area contributed by atoms with E-state index in [0.717, 1.165) is 21.6 Å². The van der Waals surface area contributed by atoms with Crippen molar-refractivity contribution in [2.75, 3.05) is 5.73 Å². The molecule has 0 aliphatic carbocycles. The lowest BCUT2D eigenvalue weighted by molar-refractivity contribution is 0.686. The van der Waals surface area contributed by atoms with Crippen LogP contribution in [0.5, 0.6) is 0 Å². The average molecular weight is 355 g/mol. The summed E-state index contributed by atoms with van der Waals surface area (Å²) >= 11 is 2.24. The fourth-order valence-electron chi connectivity index (χ4n) is 2.05. The van der Waals surface area contributed by atoms with E-state index in [-0.39, 0.29) is 0 Å². The lowest BCUT2D eigenvalue weighted by Crippen LogP contribution is -2.08. The largest absolute Gasteiger partial charge is 0.383 e. The minimum Gasteiger partial charge on any atom is -0.383 e. The molecule has 0 aliphatic heterocycles. The lowest BCUT2D eigenvalue weighted by Gasteiger charge is -2.11. The van der Waals surface area contributed by atoms with E-state index in [0.29, 0.717) is 0 Å². The highest BCUT2D eigenvalue weighted by Crippen LogP contribution is 2.21. The highest BCUT2D eigenvalue weighted by atomic mass is 127. The van der Waals surface area contributed by atoms with E-state index in [4.69, 9.17) is 5.73 Å². The molecule has 1 aromatic heterocycles. The molecule has 96 valence electrons. The van der Waals surface area contributed by atoms with Crippen LogP contribution in [0.1, 0.15) is 27.9 Å². The molecule has 0 fully saturated rings. The minimum absolute atomic E-state index is 0.739. The Morgan fingerprint density at radius 2 is 1.72 bits per heavy atom. The Hall–Kier alpha value is -1.04. The topological polar surface area (TPSA) is 43.8 Å². The quantitative estimate of drug-likeness (QED) is 0.840. The Morgan fingerprint density at radius 1 is 1.11 bits per heavy atom. The van der Waals surface area contributed by atoms with Gasteiger partial charge in [-0.2, -0.15) is 5.10 Å². The van der Waals surface area contributed by atoms with Gasteiger partial charge in [-0.3, -0.25) is 0 Å². The first-order valence-electron chi connectivity index (χ1n) is 5.95. The van der Waals surface area contributed by atoms with E-state index < -0.39 is 0 Å². The number of halogens is 1. The molecular weight excluding hydrogens is 337 g/mol. The zero-order chi connectivity index (χ0) is 13.4. The van der Waals surface area contributed by atoms with Crippen LogP contribution in [-0.2, 0) is 6.54 Å².